The van der Waals surface area contributed by atoms with Gasteiger partial charge < -0.3 is 9.64 Å². The van der Waals surface area contributed by atoms with Gasteiger partial charge in [0.2, 0.25) is 0 Å². The Morgan fingerprint density at radius 1 is 1.21 bits per heavy atom. The monoisotopic (exact) mass is 398 g/mol. The molecule has 0 bridgehead atoms. The van der Waals surface area contributed by atoms with Gasteiger partial charge in [0.1, 0.15) is 5.82 Å². The van der Waals surface area contributed by atoms with Crippen LogP contribution in [0.1, 0.15) is 35.3 Å². The van der Waals surface area contributed by atoms with Crippen molar-refractivity contribution < 1.29 is 13.9 Å². The summed E-state index contributed by atoms with van der Waals surface area (Å²) in [5.74, 6) is 0.225. The molecule has 0 spiro atoms. The van der Waals surface area contributed by atoms with E-state index < -0.39 is 0 Å². The van der Waals surface area contributed by atoms with E-state index in [0.717, 1.165) is 12.1 Å². The molecule has 2 aromatic carbocycles. The van der Waals surface area contributed by atoms with E-state index in [1.807, 2.05) is 48.2 Å². The van der Waals surface area contributed by atoms with Crippen molar-refractivity contribution in [3.63, 3.8) is 0 Å². The number of hydrogen-bond acceptors (Lipinski definition) is 3. The van der Waals surface area contributed by atoms with Crippen LogP contribution in [0.25, 0.3) is 0 Å². The average molecular weight is 399 g/mol. The van der Waals surface area contributed by atoms with Crippen LogP contribution in [0.3, 0.4) is 0 Å². The number of morpholine rings is 1. The number of ether oxygens (including phenoxy) is 1. The van der Waals surface area contributed by atoms with E-state index >= 15 is 0 Å². The second-order valence-electron chi connectivity index (χ2n) is 8.29. The van der Waals surface area contributed by atoms with E-state index in [1.54, 1.807) is 6.07 Å². The maximum absolute atomic E-state index is 14.0. The fraction of sp³-hybridized carbons (Fsp3) is 0.458. The summed E-state index contributed by atoms with van der Waals surface area (Å²) >= 11 is 0. The third-order valence-electron chi connectivity index (χ3n) is 5.17. The molecule has 1 amide bonds. The van der Waals surface area contributed by atoms with E-state index in [9.17, 15) is 9.18 Å². The Kier molecular flexibility index (Phi) is 7.40. The highest BCUT2D eigenvalue weighted by atomic mass is 19.1. The molecular formula is C24H31FN2O2. The van der Waals surface area contributed by atoms with Crippen molar-refractivity contribution in [2.24, 2.45) is 5.92 Å². The lowest BCUT2D eigenvalue weighted by molar-refractivity contribution is -0.0440. The summed E-state index contributed by atoms with van der Waals surface area (Å²) in [7, 11) is 0. The molecule has 1 aliphatic rings. The van der Waals surface area contributed by atoms with Crippen LogP contribution in [0.2, 0.25) is 0 Å². The van der Waals surface area contributed by atoms with Crippen LogP contribution in [0, 0.1) is 18.7 Å². The maximum atomic E-state index is 14.0. The zero-order valence-corrected chi connectivity index (χ0v) is 17.6. The Hall–Kier alpha value is -2.24. The molecule has 5 heteroatoms. The zero-order chi connectivity index (χ0) is 20.8. The van der Waals surface area contributed by atoms with Crippen LogP contribution in [-0.4, -0.2) is 54.6 Å². The van der Waals surface area contributed by atoms with Crippen molar-refractivity contribution in [3.05, 3.63) is 71.0 Å². The van der Waals surface area contributed by atoms with E-state index in [-0.39, 0.29) is 17.8 Å². The minimum absolute atomic E-state index is 0.0357. The maximum Gasteiger partial charge on any atom is 0.253 e. The highest BCUT2D eigenvalue weighted by Gasteiger charge is 2.26. The van der Waals surface area contributed by atoms with Crippen LogP contribution in [0.5, 0.6) is 0 Å². The molecule has 156 valence electrons. The number of carbonyl (C=O) groups excluding carboxylic acids is 1. The molecule has 4 nitrogen and oxygen atoms in total. The van der Waals surface area contributed by atoms with Crippen molar-refractivity contribution >= 4 is 5.91 Å². The average Bonchev–Trinajstić information content (AvgIpc) is 2.69. The molecule has 1 saturated heterocycles. The van der Waals surface area contributed by atoms with Gasteiger partial charge in [0, 0.05) is 43.9 Å². The van der Waals surface area contributed by atoms with E-state index in [1.165, 1.54) is 6.07 Å². The van der Waals surface area contributed by atoms with E-state index in [2.05, 4.69) is 18.7 Å². The molecule has 0 saturated carbocycles. The third-order valence-corrected chi connectivity index (χ3v) is 5.17. The smallest absolute Gasteiger partial charge is 0.253 e. The van der Waals surface area contributed by atoms with Crippen LogP contribution < -0.4 is 0 Å². The number of amides is 1. The lowest BCUT2D eigenvalue weighted by Crippen LogP contribution is -2.49. The van der Waals surface area contributed by atoms with Gasteiger partial charge in [0.25, 0.3) is 5.91 Å². The first kappa shape index (κ1) is 21.5. The SMILES string of the molecule is Cc1ccc(C(=O)N(CC(C)C)CC2CN(Cc3ccccc3F)CCO2)cc1. The van der Waals surface area contributed by atoms with Gasteiger partial charge in [-0.1, -0.05) is 49.7 Å². The standard InChI is InChI=1S/C24H31FN2O2/c1-18(2)14-27(24(28)20-10-8-19(3)9-11-20)17-22-16-26(12-13-29-22)15-21-6-4-5-7-23(21)25/h4-11,18,22H,12-17H2,1-3H3. The second-order valence-corrected chi connectivity index (χ2v) is 8.29. The van der Waals surface area contributed by atoms with Gasteiger partial charge in [-0.15, -0.1) is 0 Å². The van der Waals surface area contributed by atoms with Crippen LogP contribution in [-0.2, 0) is 11.3 Å². The molecule has 0 radical (unpaired) electrons. The minimum atomic E-state index is -0.175. The molecule has 3 rings (SSSR count). The predicted octanol–water partition coefficient (Wildman–Crippen LogP) is 4.13. The van der Waals surface area contributed by atoms with E-state index in [0.29, 0.717) is 49.8 Å². The van der Waals surface area contributed by atoms with E-state index in [4.69, 9.17) is 4.74 Å². The van der Waals surface area contributed by atoms with Crippen LogP contribution >= 0.6 is 0 Å². The molecule has 1 aliphatic heterocycles. The molecule has 1 unspecified atom stereocenters. The second kappa shape index (κ2) is 9.99. The summed E-state index contributed by atoms with van der Waals surface area (Å²) in [5.41, 5.74) is 2.54. The Balaban J connectivity index is 1.66. The Labute approximate surface area is 173 Å². The number of halogens is 1. The fourth-order valence-electron chi connectivity index (χ4n) is 3.71. The largest absolute Gasteiger partial charge is 0.374 e. The molecule has 1 atom stereocenters. The topological polar surface area (TPSA) is 32.8 Å². The lowest BCUT2D eigenvalue weighted by atomic mass is 10.1. The summed E-state index contributed by atoms with van der Waals surface area (Å²) in [6.07, 6.45) is -0.0799. The first-order chi connectivity index (χ1) is 13.9. The first-order valence-electron chi connectivity index (χ1n) is 10.4. The number of rotatable bonds is 7. The molecule has 0 aliphatic carbocycles. The van der Waals surface area contributed by atoms with Crippen LogP contribution in [0.15, 0.2) is 48.5 Å². The van der Waals surface area contributed by atoms with Gasteiger partial charge in [0.05, 0.1) is 12.7 Å². The number of nitrogens with zero attached hydrogens (tertiary/aromatic N) is 2. The number of hydrogen-bond donors (Lipinski definition) is 0. The number of carbonyl (C=O) groups is 1. The highest BCUT2D eigenvalue weighted by molar-refractivity contribution is 5.94. The van der Waals surface area contributed by atoms with Gasteiger partial charge >= 0.3 is 0 Å². The molecule has 0 aromatic heterocycles. The van der Waals surface area contributed by atoms with Crippen LogP contribution in [0.4, 0.5) is 4.39 Å². The van der Waals surface area contributed by atoms with Crippen molar-refractivity contribution in [2.75, 3.05) is 32.8 Å². The summed E-state index contributed by atoms with van der Waals surface area (Å²) < 4.78 is 20.0. The summed E-state index contributed by atoms with van der Waals surface area (Å²) in [6.45, 7) is 10.1. The Bertz CT molecular complexity index is 807. The predicted molar refractivity (Wildman–Crippen MR) is 113 cm³/mol. The highest BCUT2D eigenvalue weighted by Crippen LogP contribution is 2.16. The number of benzene rings is 2. The Morgan fingerprint density at radius 2 is 1.93 bits per heavy atom. The molecule has 1 heterocycles. The van der Waals surface area contributed by atoms with Crippen molar-refractivity contribution in [1.82, 2.24) is 9.80 Å². The van der Waals surface area contributed by atoms with Gasteiger partial charge in [0.15, 0.2) is 0 Å². The summed E-state index contributed by atoms with van der Waals surface area (Å²) in [6, 6.07) is 14.6. The van der Waals surface area contributed by atoms with Crippen molar-refractivity contribution in [1.29, 1.82) is 0 Å². The molecule has 0 N–H and O–H groups in total. The Morgan fingerprint density at radius 3 is 2.62 bits per heavy atom. The zero-order valence-electron chi connectivity index (χ0n) is 17.6. The summed E-state index contributed by atoms with van der Waals surface area (Å²) in [5, 5.41) is 0. The fourth-order valence-corrected chi connectivity index (χ4v) is 3.71. The van der Waals surface area contributed by atoms with Gasteiger partial charge in [-0.3, -0.25) is 9.69 Å². The number of aryl methyl sites for hydroxylation is 1. The molecule has 1 fully saturated rings. The molecular weight excluding hydrogens is 367 g/mol. The quantitative estimate of drug-likeness (QED) is 0.703. The van der Waals surface area contributed by atoms with Crippen molar-refractivity contribution in [2.45, 2.75) is 33.4 Å². The normalized spacial score (nSPS) is 17.5. The van der Waals surface area contributed by atoms with Gasteiger partial charge in [-0.25, -0.2) is 4.39 Å². The van der Waals surface area contributed by atoms with Crippen molar-refractivity contribution in [3.8, 4) is 0 Å². The minimum Gasteiger partial charge on any atom is -0.374 e. The first-order valence-corrected chi connectivity index (χ1v) is 10.4. The molecule has 29 heavy (non-hydrogen) atoms. The third kappa shape index (κ3) is 6.12. The van der Waals surface area contributed by atoms with Gasteiger partial charge in [-0.05, 0) is 31.0 Å². The van der Waals surface area contributed by atoms with Gasteiger partial charge in [-0.2, -0.15) is 0 Å². The summed E-state index contributed by atoms with van der Waals surface area (Å²) in [4.78, 5) is 17.2. The molecule has 2 aromatic rings. The lowest BCUT2D eigenvalue weighted by Gasteiger charge is -2.36.